The lowest BCUT2D eigenvalue weighted by Crippen LogP contribution is -2.31. The molecule has 0 atom stereocenters. The monoisotopic (exact) mass is 290 g/mol. The Morgan fingerprint density at radius 1 is 1.29 bits per heavy atom. The van der Waals surface area contributed by atoms with E-state index in [9.17, 15) is 4.79 Å². The first-order chi connectivity index (χ1) is 10.1. The van der Waals surface area contributed by atoms with Gasteiger partial charge in [0.25, 0.3) is 5.91 Å². The summed E-state index contributed by atoms with van der Waals surface area (Å²) in [5.74, 6) is 2.02. The lowest BCUT2D eigenvalue weighted by molar-refractivity contribution is 0.0941. The molecule has 0 aromatic heterocycles. The molecule has 4 nitrogen and oxygen atoms in total. The topological polar surface area (TPSA) is 64.3 Å². The van der Waals surface area contributed by atoms with Crippen LogP contribution in [0.3, 0.4) is 0 Å². The van der Waals surface area contributed by atoms with Crippen LogP contribution >= 0.6 is 0 Å². The highest BCUT2D eigenvalue weighted by molar-refractivity contribution is 5.99. The summed E-state index contributed by atoms with van der Waals surface area (Å²) in [4.78, 5) is 12.3. The number of benzene rings is 1. The van der Waals surface area contributed by atoms with Gasteiger partial charge in [-0.15, -0.1) is 0 Å². The van der Waals surface area contributed by atoms with Crippen molar-refractivity contribution in [3.8, 4) is 5.75 Å². The summed E-state index contributed by atoms with van der Waals surface area (Å²) in [6.45, 7) is 3.00. The summed E-state index contributed by atoms with van der Waals surface area (Å²) < 4.78 is 5.14. The molecule has 0 unspecified atom stereocenters. The zero-order valence-corrected chi connectivity index (χ0v) is 13.0. The summed E-state index contributed by atoms with van der Waals surface area (Å²) in [6.07, 6.45) is 6.29. The van der Waals surface area contributed by atoms with E-state index < -0.39 is 0 Å². The van der Waals surface area contributed by atoms with Crippen LogP contribution in [-0.2, 0) is 0 Å². The van der Waals surface area contributed by atoms with Gasteiger partial charge in [0.2, 0.25) is 0 Å². The average Bonchev–Trinajstić information content (AvgIpc) is 2.53. The van der Waals surface area contributed by atoms with Crippen LogP contribution in [0, 0.1) is 11.8 Å². The molecule has 0 aliphatic heterocycles. The lowest BCUT2D eigenvalue weighted by atomic mass is 9.81. The number of carbonyl (C=O) groups is 1. The standard InChI is InChI=1S/C17H26N2O2/c1-3-12-4-6-13(7-5-12)11-19-17(20)15-10-14(21-2)8-9-16(15)18/h8-10,12-13H,3-7,11,18H2,1-2H3,(H,19,20). The summed E-state index contributed by atoms with van der Waals surface area (Å²) >= 11 is 0. The van der Waals surface area contributed by atoms with Crippen molar-refractivity contribution in [2.24, 2.45) is 11.8 Å². The molecule has 1 aromatic carbocycles. The Labute approximate surface area is 127 Å². The number of nitrogen functional groups attached to an aromatic ring is 1. The molecule has 1 fully saturated rings. The molecule has 3 N–H and O–H groups in total. The fraction of sp³-hybridized carbons (Fsp3) is 0.588. The van der Waals surface area contributed by atoms with Crippen molar-refractivity contribution in [3.05, 3.63) is 23.8 Å². The second kappa shape index (κ2) is 7.34. The summed E-state index contributed by atoms with van der Waals surface area (Å²) in [5.41, 5.74) is 6.86. The SMILES string of the molecule is CCC1CCC(CNC(=O)c2cc(OC)ccc2N)CC1. The number of amides is 1. The van der Waals surface area contributed by atoms with E-state index in [1.54, 1.807) is 25.3 Å². The number of hydrogen-bond acceptors (Lipinski definition) is 3. The van der Waals surface area contributed by atoms with E-state index in [0.717, 1.165) is 12.5 Å². The third-order valence-corrected chi connectivity index (χ3v) is 4.60. The second-order valence-electron chi connectivity index (χ2n) is 5.96. The van der Waals surface area contributed by atoms with E-state index in [4.69, 9.17) is 10.5 Å². The largest absolute Gasteiger partial charge is 0.497 e. The molecular formula is C17H26N2O2. The molecule has 1 amide bonds. The van der Waals surface area contributed by atoms with Crippen LogP contribution in [0.1, 0.15) is 49.4 Å². The number of hydrogen-bond donors (Lipinski definition) is 2. The van der Waals surface area contributed by atoms with Crippen molar-refractivity contribution in [2.75, 3.05) is 19.4 Å². The molecule has 1 aliphatic rings. The third-order valence-electron chi connectivity index (χ3n) is 4.60. The Morgan fingerprint density at radius 3 is 2.57 bits per heavy atom. The van der Waals surface area contributed by atoms with Crippen molar-refractivity contribution in [1.29, 1.82) is 0 Å². The zero-order valence-electron chi connectivity index (χ0n) is 13.0. The minimum absolute atomic E-state index is 0.107. The maximum absolute atomic E-state index is 12.3. The van der Waals surface area contributed by atoms with Crippen LogP contribution in [0.4, 0.5) is 5.69 Å². The van der Waals surface area contributed by atoms with Gasteiger partial charge in [-0.25, -0.2) is 0 Å². The van der Waals surface area contributed by atoms with Crippen LogP contribution in [0.25, 0.3) is 0 Å². The zero-order chi connectivity index (χ0) is 15.2. The van der Waals surface area contributed by atoms with Crippen molar-refractivity contribution in [2.45, 2.75) is 39.0 Å². The number of anilines is 1. The van der Waals surface area contributed by atoms with Crippen molar-refractivity contribution in [3.63, 3.8) is 0 Å². The van der Waals surface area contributed by atoms with Gasteiger partial charge in [-0.05, 0) is 42.9 Å². The van der Waals surface area contributed by atoms with Crippen LogP contribution in [0.2, 0.25) is 0 Å². The van der Waals surface area contributed by atoms with Crippen LogP contribution in [0.5, 0.6) is 5.75 Å². The van der Waals surface area contributed by atoms with Crippen LogP contribution < -0.4 is 15.8 Å². The van der Waals surface area contributed by atoms with E-state index >= 15 is 0 Å². The molecule has 0 spiro atoms. The molecule has 1 saturated carbocycles. The molecular weight excluding hydrogens is 264 g/mol. The highest BCUT2D eigenvalue weighted by atomic mass is 16.5. The van der Waals surface area contributed by atoms with Gasteiger partial charge in [-0.2, -0.15) is 0 Å². The van der Waals surface area contributed by atoms with Gasteiger partial charge in [0.05, 0.1) is 12.7 Å². The Morgan fingerprint density at radius 2 is 1.95 bits per heavy atom. The molecule has 0 bridgehead atoms. The molecule has 1 aromatic rings. The molecule has 2 rings (SSSR count). The maximum atomic E-state index is 12.3. The Hall–Kier alpha value is -1.71. The van der Waals surface area contributed by atoms with Gasteiger partial charge in [0, 0.05) is 12.2 Å². The summed E-state index contributed by atoms with van der Waals surface area (Å²) in [5, 5.41) is 3.02. The van der Waals surface area contributed by atoms with Gasteiger partial charge < -0.3 is 15.8 Å². The Bertz CT molecular complexity index is 480. The van der Waals surface area contributed by atoms with Gasteiger partial charge in [0.15, 0.2) is 0 Å². The van der Waals surface area contributed by atoms with E-state index in [0.29, 0.717) is 22.9 Å². The highest BCUT2D eigenvalue weighted by Crippen LogP contribution is 2.30. The number of nitrogens with two attached hydrogens (primary N) is 1. The predicted octanol–water partition coefficient (Wildman–Crippen LogP) is 3.22. The van der Waals surface area contributed by atoms with Crippen molar-refractivity contribution < 1.29 is 9.53 Å². The van der Waals surface area contributed by atoms with E-state index in [-0.39, 0.29) is 5.91 Å². The minimum atomic E-state index is -0.107. The van der Waals surface area contributed by atoms with Gasteiger partial charge in [0.1, 0.15) is 5.75 Å². The smallest absolute Gasteiger partial charge is 0.253 e. The van der Waals surface area contributed by atoms with E-state index in [1.165, 1.54) is 32.1 Å². The van der Waals surface area contributed by atoms with Crippen LogP contribution in [0.15, 0.2) is 18.2 Å². The molecule has 116 valence electrons. The Kier molecular flexibility index (Phi) is 5.48. The first-order valence-corrected chi connectivity index (χ1v) is 7.85. The normalized spacial score (nSPS) is 21.8. The summed E-state index contributed by atoms with van der Waals surface area (Å²) in [7, 11) is 1.58. The number of carbonyl (C=O) groups excluding carboxylic acids is 1. The van der Waals surface area contributed by atoms with Crippen molar-refractivity contribution in [1.82, 2.24) is 5.32 Å². The van der Waals surface area contributed by atoms with Crippen LogP contribution in [-0.4, -0.2) is 19.6 Å². The fourth-order valence-corrected chi connectivity index (χ4v) is 3.04. The van der Waals surface area contributed by atoms with Crippen molar-refractivity contribution >= 4 is 11.6 Å². The number of nitrogens with one attached hydrogen (secondary N) is 1. The van der Waals surface area contributed by atoms with E-state index in [1.807, 2.05) is 0 Å². The Balaban J connectivity index is 1.87. The molecule has 0 radical (unpaired) electrons. The predicted molar refractivity (Wildman–Crippen MR) is 85.5 cm³/mol. The minimum Gasteiger partial charge on any atom is -0.497 e. The third kappa shape index (κ3) is 4.13. The number of ether oxygens (including phenoxy) is 1. The quantitative estimate of drug-likeness (QED) is 0.818. The summed E-state index contributed by atoms with van der Waals surface area (Å²) in [6, 6.07) is 5.16. The van der Waals surface area contributed by atoms with Gasteiger partial charge in [-0.3, -0.25) is 4.79 Å². The number of rotatable bonds is 5. The second-order valence-corrected chi connectivity index (χ2v) is 5.96. The van der Waals surface area contributed by atoms with E-state index in [2.05, 4.69) is 12.2 Å². The first-order valence-electron chi connectivity index (χ1n) is 7.85. The molecule has 1 aliphatic carbocycles. The molecule has 21 heavy (non-hydrogen) atoms. The molecule has 4 heteroatoms. The fourth-order valence-electron chi connectivity index (χ4n) is 3.04. The average molecular weight is 290 g/mol. The number of methoxy groups -OCH3 is 1. The first kappa shape index (κ1) is 15.7. The van der Waals surface area contributed by atoms with Gasteiger partial charge >= 0.3 is 0 Å². The molecule has 0 saturated heterocycles. The highest BCUT2D eigenvalue weighted by Gasteiger charge is 2.21. The van der Waals surface area contributed by atoms with Gasteiger partial charge in [-0.1, -0.05) is 26.2 Å². The lowest BCUT2D eigenvalue weighted by Gasteiger charge is -2.27. The maximum Gasteiger partial charge on any atom is 0.253 e. The molecule has 0 heterocycles.